The average Bonchev–Trinajstić information content (AvgIpc) is 1.66. The summed E-state index contributed by atoms with van der Waals surface area (Å²) in [6, 6.07) is 0.393. The summed E-state index contributed by atoms with van der Waals surface area (Å²) in [7, 11) is 0. The van der Waals surface area contributed by atoms with Crippen molar-refractivity contribution in [3.63, 3.8) is 0 Å². The van der Waals surface area contributed by atoms with Crippen LogP contribution >= 0.6 is 0 Å². The number of halogens is 10. The second kappa shape index (κ2) is 28.2. The Kier molecular flexibility index (Phi) is 21.9. The van der Waals surface area contributed by atoms with Crippen LogP contribution in [0.25, 0.3) is 22.1 Å². The molecule has 4 amide bonds. The van der Waals surface area contributed by atoms with Crippen LogP contribution in [0.5, 0.6) is 11.8 Å². The predicted molar refractivity (Wildman–Crippen MR) is 321 cm³/mol. The molecule has 4 aliphatic heterocycles. The molecule has 4 unspecified atom stereocenters. The van der Waals surface area contributed by atoms with Crippen LogP contribution in [-0.4, -0.2) is 128 Å². The Morgan fingerprint density at radius 3 is 1.33 bits per heavy atom. The molecule has 6 heterocycles. The van der Waals surface area contributed by atoms with Gasteiger partial charge in [0.1, 0.15) is 36.5 Å². The summed E-state index contributed by atoms with van der Waals surface area (Å²) >= 11 is 0. The Bertz CT molecular complexity index is 3620. The first-order valence-corrected chi connectivity index (χ1v) is 32.7. The molecule has 2 N–H and O–H groups in total. The molecule has 0 spiro atoms. The van der Waals surface area contributed by atoms with Crippen molar-refractivity contribution in [1.29, 1.82) is 0 Å². The van der Waals surface area contributed by atoms with E-state index in [1.807, 2.05) is 12.6 Å². The number of aromatic nitrogens is 4. The van der Waals surface area contributed by atoms with Gasteiger partial charge in [0.25, 0.3) is 11.8 Å². The number of fused-ring (bicyclic) bond motifs is 14. The Hall–Kier alpha value is -5.99. The molecule has 12 rings (SSSR count). The van der Waals surface area contributed by atoms with E-state index in [4.69, 9.17) is 18.9 Å². The van der Waals surface area contributed by atoms with Crippen molar-refractivity contribution in [3.8, 4) is 11.8 Å². The average molecular weight is 1450 g/mol. The van der Waals surface area contributed by atoms with E-state index >= 15 is 17.6 Å². The van der Waals surface area contributed by atoms with Gasteiger partial charge in [-0.05, 0) is 146 Å². The quantitative estimate of drug-likeness (QED) is 0.144. The minimum atomic E-state index is -4.71. The molecule has 2 radical (unpaired) electrons. The van der Waals surface area contributed by atoms with Gasteiger partial charge in [0.05, 0.1) is 46.3 Å². The Morgan fingerprint density at radius 2 is 0.938 bits per heavy atom. The summed E-state index contributed by atoms with van der Waals surface area (Å²) in [5, 5.41) is 5.46. The Morgan fingerprint density at radius 1 is 0.536 bits per heavy atom. The van der Waals surface area contributed by atoms with Gasteiger partial charge in [-0.3, -0.25) is 9.59 Å². The molecular formula is C67H78F10N8O10V2-2. The summed E-state index contributed by atoms with van der Waals surface area (Å²) in [4.78, 5) is 98.0. The zero-order valence-electron chi connectivity index (χ0n) is 54.7. The van der Waals surface area contributed by atoms with Gasteiger partial charge in [-0.1, -0.05) is 86.7 Å². The van der Waals surface area contributed by atoms with Gasteiger partial charge in [0.2, 0.25) is 23.6 Å². The molecular weight excluding hydrogens is 1370 g/mol. The monoisotopic (exact) mass is 1450 g/mol. The van der Waals surface area contributed by atoms with E-state index < -0.39 is 167 Å². The van der Waals surface area contributed by atoms with Gasteiger partial charge in [0.15, 0.2) is 11.4 Å². The zero-order chi connectivity index (χ0) is 68.8. The van der Waals surface area contributed by atoms with Gasteiger partial charge in [0, 0.05) is 50.0 Å². The van der Waals surface area contributed by atoms with Crippen LogP contribution in [0.1, 0.15) is 161 Å². The van der Waals surface area contributed by atoms with Crippen molar-refractivity contribution in [1.82, 2.24) is 40.4 Å². The number of hydrogen-bond acceptors (Lipinski definition) is 14. The molecule has 18 nitrogen and oxygen atoms in total. The van der Waals surface area contributed by atoms with Crippen LogP contribution < -0.4 is 20.1 Å². The molecule has 2 aromatic heterocycles. The van der Waals surface area contributed by atoms with Crippen molar-refractivity contribution >= 4 is 58.6 Å². The molecule has 6 fully saturated rings. The fourth-order valence-corrected chi connectivity index (χ4v) is 15.3. The number of carbonyl (C=O) groups is 4. The van der Waals surface area contributed by atoms with Crippen molar-refractivity contribution in [2.75, 3.05) is 13.1 Å². The molecule has 16 atom stereocenters. The van der Waals surface area contributed by atoms with Crippen LogP contribution in [0.2, 0.25) is 0 Å². The second-order valence-corrected chi connectivity index (χ2v) is 29.3. The molecule has 4 saturated carbocycles. The van der Waals surface area contributed by atoms with Gasteiger partial charge >= 0.3 is 24.5 Å². The van der Waals surface area contributed by atoms with E-state index in [1.54, 1.807) is 55.4 Å². The van der Waals surface area contributed by atoms with E-state index in [9.17, 15) is 55.1 Å². The molecule has 4 aromatic rings. The van der Waals surface area contributed by atoms with Gasteiger partial charge in [-0.15, -0.1) is 0 Å². The summed E-state index contributed by atoms with van der Waals surface area (Å²) in [5.41, 5.74) is -6.24. The second-order valence-electron chi connectivity index (χ2n) is 29.3. The molecule has 4 aliphatic carbocycles. The van der Waals surface area contributed by atoms with Crippen LogP contribution in [0, 0.1) is 58.2 Å². The van der Waals surface area contributed by atoms with Crippen molar-refractivity contribution in [2.24, 2.45) is 58.2 Å². The van der Waals surface area contributed by atoms with E-state index in [0.717, 1.165) is 43.2 Å². The van der Waals surface area contributed by atoms with Crippen molar-refractivity contribution < 1.29 is 129 Å². The van der Waals surface area contributed by atoms with E-state index in [1.165, 1.54) is 9.80 Å². The Balaban J connectivity index is 0.000000223. The van der Waals surface area contributed by atoms with Gasteiger partial charge in [-0.2, -0.15) is 43.9 Å². The van der Waals surface area contributed by atoms with Crippen molar-refractivity contribution in [3.05, 3.63) is 58.9 Å². The number of hydrogen-bond donors (Lipinski definition) is 2. The number of alkyl halides is 10. The maximum absolute atomic E-state index is 16.1. The summed E-state index contributed by atoms with van der Waals surface area (Å²) in [6.07, 6.45) is -5.63. The van der Waals surface area contributed by atoms with Crippen LogP contribution in [0.15, 0.2) is 36.4 Å². The van der Waals surface area contributed by atoms with E-state index in [0.29, 0.717) is 68.3 Å². The topological polar surface area (TPSA) is 221 Å². The molecule has 30 heteroatoms. The van der Waals surface area contributed by atoms with Crippen molar-refractivity contribution in [2.45, 2.75) is 212 Å². The third-order valence-electron chi connectivity index (χ3n) is 20.7. The predicted octanol–water partition coefficient (Wildman–Crippen LogP) is 12.8. The first-order chi connectivity index (χ1) is 44.5. The number of nitrogens with one attached hydrogen (secondary N) is 2. The number of ether oxygens (including phenoxy) is 4. The van der Waals surface area contributed by atoms with Gasteiger partial charge < -0.3 is 49.0 Å². The minimum Gasteiger partial charge on any atom is -0.540 e. The molecule has 528 valence electrons. The number of benzene rings is 2. The number of amides is 4. The minimum absolute atomic E-state index is 0. The summed E-state index contributed by atoms with van der Waals surface area (Å²) in [6.45, 7) is 13.3. The molecule has 97 heavy (non-hydrogen) atoms. The first kappa shape index (κ1) is 75.2. The summed E-state index contributed by atoms with van der Waals surface area (Å²) < 4.78 is 169. The number of rotatable bonds is 3. The fraction of sp³-hybridized carbons (Fsp3) is 0.672. The summed E-state index contributed by atoms with van der Waals surface area (Å²) in [5.74, 6) is -9.67. The van der Waals surface area contributed by atoms with Gasteiger partial charge in [-0.25, -0.2) is 42.1 Å². The largest absolute Gasteiger partial charge is 0.540 e. The number of alkyl carbamates (subject to hydrolysis) is 2. The standard InChI is InChI=1S/C34H40F5N4O5.C33H38F5N4O5.2V/c1-5-19-24(16-44)43-15-26(19)47-29-27(40-22-10-9-18(34(37,38)39)14-23(22)41-29)33(35,36)11-7-6-8-20-21-12-17(21)13-25(20)48-31(46)42-28(30(43)45)32(2,3)4;1-16-23(15-43)42-14-25(16)46-28-26(39-21-9-8-18(33(36,37)38)13-22(21)40-28)32(34,35)10-6-5-7-19-20-11-17(20)12-24(19)47-30(45)41-27(29(42)44)31(2,3)4;;/h9-10,14,17,19-21,24-26,28H,5-8,11-13,15H2,1-4H3,(H,42,46);8-9,13,16-17,19-20,23-25,27H,5-7,10-12,14H2,1-4H3,(H,41,45);;/q2*-1;;/t17?,19-,20+,21?,24+,25+,26-,28+;16-,17?,19+,20?,23+,24+,25-,27+;;/m00../s1. The van der Waals surface area contributed by atoms with Crippen LogP contribution in [-0.2, 0) is 90.0 Å². The molecule has 8 aliphatic rings. The Labute approximate surface area is 578 Å². The normalized spacial score (nSPS) is 32.1. The first-order valence-electron chi connectivity index (χ1n) is 32.7. The molecule has 2 aromatic carbocycles. The fourth-order valence-electron chi connectivity index (χ4n) is 15.3. The van der Waals surface area contributed by atoms with Crippen LogP contribution in [0.4, 0.5) is 53.5 Å². The third-order valence-corrected chi connectivity index (χ3v) is 20.7. The zero-order valence-corrected chi connectivity index (χ0v) is 57.5. The SMILES string of the molecule is CC[C@@H]1[C@@H]2CN(C(=O)[C@H](C(C)(C)C)NC(=O)O[C@@H]3CC4CC4[C@H]3CCCCC(F)(F)c3nc4ccc(C(F)(F)F)cc4nc3O2)[C@@H]1[C-]=O.C[C@@H]1[C@@H]2CN(C(=O)[C@H](C(C)(C)C)NC(=O)O[C@@H]3CC4CC4[C@H]3CCCCC(F)(F)c3nc4ccc(C(F)(F)F)cc4nc3O2)[C@@H]1[C-]=O.[V].[V]. The molecule has 4 bridgehead atoms. The number of nitrogens with zero attached hydrogens (tertiary/aromatic N) is 6. The third kappa shape index (κ3) is 15.8. The van der Waals surface area contributed by atoms with Crippen LogP contribution in [0.3, 0.4) is 0 Å². The smallest absolute Gasteiger partial charge is 0.416 e. The molecule has 2 saturated heterocycles. The maximum Gasteiger partial charge on any atom is 0.416 e. The van der Waals surface area contributed by atoms with E-state index in [2.05, 4.69) is 30.6 Å². The maximum atomic E-state index is 16.1. The van der Waals surface area contributed by atoms with E-state index in [-0.39, 0.29) is 103 Å². The number of carbonyl (C=O) groups excluding carboxylic acids is 6.